The summed E-state index contributed by atoms with van der Waals surface area (Å²) in [4.78, 5) is 0. The number of fused-ring (bicyclic) bond motifs is 2. The summed E-state index contributed by atoms with van der Waals surface area (Å²) in [5.41, 5.74) is -0.438. The fourth-order valence-corrected chi connectivity index (χ4v) is 4.29. The summed E-state index contributed by atoms with van der Waals surface area (Å²) in [5.74, 6) is -1.41. The Balaban J connectivity index is 2.56. The van der Waals surface area contributed by atoms with E-state index in [1.807, 2.05) is 0 Å². The average molecular weight is 352 g/mol. The minimum atomic E-state index is -0.703. The summed E-state index contributed by atoms with van der Waals surface area (Å²) in [7, 11) is 0. The highest BCUT2D eigenvalue weighted by atomic mass is 32.1. The Morgan fingerprint density at radius 1 is 0.708 bits per heavy atom. The zero-order valence-electron chi connectivity index (χ0n) is 11.5. The molecule has 8 heteroatoms. The molecule has 0 radical (unpaired) electrons. The summed E-state index contributed by atoms with van der Waals surface area (Å²) in [6.45, 7) is 0. The van der Waals surface area contributed by atoms with Gasteiger partial charge in [-0.2, -0.15) is 21.0 Å². The molecule has 0 aliphatic carbocycles. The van der Waals surface area contributed by atoms with Crippen molar-refractivity contribution in [2.45, 2.75) is 0 Å². The molecule has 0 bridgehead atoms. The van der Waals surface area contributed by atoms with Gasteiger partial charge in [0.2, 0.25) is 0 Å². The maximum Gasteiger partial charge on any atom is 0.149 e. The smallest absolute Gasteiger partial charge is 0.149 e. The molecule has 0 spiro atoms. The summed E-state index contributed by atoms with van der Waals surface area (Å²) in [6.07, 6.45) is 0. The van der Waals surface area contributed by atoms with Gasteiger partial charge < -0.3 is 0 Å². The maximum atomic E-state index is 14.7. The second kappa shape index (κ2) is 5.72. The number of rotatable bonds is 0. The van der Waals surface area contributed by atoms with Crippen molar-refractivity contribution >= 4 is 54.0 Å². The summed E-state index contributed by atoms with van der Waals surface area (Å²) in [6, 6.07) is 9.29. The number of halogens is 2. The van der Waals surface area contributed by atoms with Crippen molar-refractivity contribution in [2.75, 3.05) is 0 Å². The molecule has 0 aliphatic rings. The van der Waals surface area contributed by atoms with Gasteiger partial charge in [0.1, 0.15) is 47.1 Å². The molecule has 112 valence electrons. The lowest BCUT2D eigenvalue weighted by atomic mass is 10.1. The molecular formula is C16H2F2N4S2. The molecule has 0 fully saturated rings. The van der Waals surface area contributed by atoms with Crippen LogP contribution in [0.2, 0.25) is 0 Å². The summed E-state index contributed by atoms with van der Waals surface area (Å²) < 4.78 is 29.8. The van der Waals surface area contributed by atoms with E-state index in [0.29, 0.717) is 0 Å². The third-order valence-corrected chi connectivity index (χ3v) is 5.57. The molecule has 1 aromatic carbocycles. The zero-order valence-corrected chi connectivity index (χ0v) is 13.1. The van der Waals surface area contributed by atoms with E-state index in [1.165, 1.54) is 12.1 Å². The van der Waals surface area contributed by atoms with Crippen molar-refractivity contribution in [3.63, 3.8) is 0 Å². The van der Waals surface area contributed by atoms with Crippen LogP contribution in [0.4, 0.5) is 8.78 Å². The van der Waals surface area contributed by atoms with Crippen molar-refractivity contribution < 1.29 is 8.78 Å². The molecule has 0 aliphatic heterocycles. The van der Waals surface area contributed by atoms with E-state index < -0.39 is 11.6 Å². The second-order valence-electron chi connectivity index (χ2n) is 4.53. The van der Waals surface area contributed by atoms with E-state index in [9.17, 15) is 8.78 Å². The minimum Gasteiger partial charge on any atom is -0.205 e. The lowest BCUT2D eigenvalue weighted by Crippen LogP contribution is -1.94. The van der Waals surface area contributed by atoms with Crippen LogP contribution in [0.15, 0.2) is 12.1 Å². The molecule has 24 heavy (non-hydrogen) atoms. The van der Waals surface area contributed by atoms with Gasteiger partial charge >= 0.3 is 0 Å². The Bertz CT molecular complexity index is 1120. The van der Waals surface area contributed by atoms with E-state index in [0.717, 1.165) is 22.7 Å². The predicted molar refractivity (Wildman–Crippen MR) is 85.6 cm³/mol. The van der Waals surface area contributed by atoms with E-state index in [4.69, 9.17) is 21.0 Å². The predicted octanol–water partition coefficient (Wildman–Crippen LogP) is 2.79. The Labute approximate surface area is 141 Å². The summed E-state index contributed by atoms with van der Waals surface area (Å²) >= 11 is 1.62. The van der Waals surface area contributed by atoms with Crippen LogP contribution in [0.25, 0.3) is 31.3 Å². The van der Waals surface area contributed by atoms with E-state index in [1.54, 1.807) is 24.3 Å². The van der Waals surface area contributed by atoms with Gasteiger partial charge in [-0.3, -0.25) is 0 Å². The first-order valence-electron chi connectivity index (χ1n) is 6.24. The lowest BCUT2D eigenvalue weighted by molar-refractivity contribution is 0.638. The van der Waals surface area contributed by atoms with Crippen molar-refractivity contribution in [3.05, 3.63) is 32.8 Å². The van der Waals surface area contributed by atoms with Crippen LogP contribution in [0, 0.1) is 57.0 Å². The number of nitriles is 4. The topological polar surface area (TPSA) is 95.2 Å². The highest BCUT2D eigenvalue weighted by Crippen LogP contribution is 2.34. The van der Waals surface area contributed by atoms with Crippen LogP contribution in [0.5, 0.6) is 0 Å². The number of hydrogen-bond acceptors (Lipinski definition) is 6. The van der Waals surface area contributed by atoms with Crippen molar-refractivity contribution in [1.29, 1.82) is 21.0 Å². The molecule has 0 unspecified atom stereocenters. The second-order valence-corrected chi connectivity index (χ2v) is 6.64. The van der Waals surface area contributed by atoms with Crippen LogP contribution in [-0.2, 0) is 0 Å². The molecule has 2 heterocycles. The Hall–Kier alpha value is -3.30. The van der Waals surface area contributed by atoms with Crippen LogP contribution in [-0.4, -0.2) is 0 Å². The molecule has 0 saturated carbocycles. The van der Waals surface area contributed by atoms with Gasteiger partial charge in [0.05, 0.1) is 18.5 Å². The average Bonchev–Trinajstić information content (AvgIpc) is 3.21. The minimum absolute atomic E-state index is 0.0159. The summed E-state index contributed by atoms with van der Waals surface area (Å²) in [5, 5.41) is 35.5. The van der Waals surface area contributed by atoms with Gasteiger partial charge in [0.15, 0.2) is 0 Å². The monoisotopic (exact) mass is 352 g/mol. The Morgan fingerprint density at radius 3 is 1.33 bits per heavy atom. The number of hydrogen-bond donors (Lipinski definition) is 0. The first-order chi connectivity index (χ1) is 11.5. The molecule has 0 atom stereocenters. The molecule has 0 amide bonds. The molecule has 0 N–H and O–H groups in total. The fourth-order valence-electron chi connectivity index (χ4n) is 2.20. The van der Waals surface area contributed by atoms with E-state index >= 15 is 0 Å². The molecule has 3 rings (SSSR count). The van der Waals surface area contributed by atoms with Gasteiger partial charge in [-0.15, -0.1) is 22.7 Å². The molecular weight excluding hydrogens is 350 g/mol. The Kier molecular flexibility index (Phi) is 3.72. The van der Waals surface area contributed by atoms with Crippen molar-refractivity contribution in [1.82, 2.24) is 0 Å². The fraction of sp³-hybridized carbons (Fsp3) is 0. The molecule has 0 saturated heterocycles. The lowest BCUT2D eigenvalue weighted by Gasteiger charge is -1.97. The largest absolute Gasteiger partial charge is 0.205 e. The van der Waals surface area contributed by atoms with E-state index in [2.05, 4.69) is 0 Å². The van der Waals surface area contributed by atoms with Gasteiger partial charge in [0, 0.05) is 10.8 Å². The molecule has 2 aromatic heterocycles. The third kappa shape index (κ3) is 2.11. The first-order valence-corrected chi connectivity index (χ1v) is 7.88. The SMILES string of the molecule is N#CC(C#N)=c1cc2c(F)c3sc(=C(C#N)C#N)cc3c(F)c2s1. The van der Waals surface area contributed by atoms with Crippen LogP contribution < -0.4 is 9.06 Å². The molecule has 3 aromatic rings. The number of benzene rings is 1. The van der Waals surface area contributed by atoms with Crippen LogP contribution in [0.1, 0.15) is 0 Å². The van der Waals surface area contributed by atoms with Crippen molar-refractivity contribution in [3.8, 4) is 24.3 Å². The van der Waals surface area contributed by atoms with Crippen LogP contribution in [0.3, 0.4) is 0 Å². The first kappa shape index (κ1) is 15.6. The van der Waals surface area contributed by atoms with Crippen LogP contribution >= 0.6 is 22.7 Å². The zero-order chi connectivity index (χ0) is 17.4. The number of nitrogens with zero attached hydrogens (tertiary/aromatic N) is 4. The van der Waals surface area contributed by atoms with Gasteiger partial charge in [-0.1, -0.05) is 0 Å². The van der Waals surface area contributed by atoms with Crippen molar-refractivity contribution in [2.24, 2.45) is 0 Å². The maximum absolute atomic E-state index is 14.7. The Morgan fingerprint density at radius 2 is 1.04 bits per heavy atom. The van der Waals surface area contributed by atoms with Gasteiger partial charge in [-0.05, 0) is 12.1 Å². The molecule has 4 nitrogen and oxygen atoms in total. The number of thiophene rings is 2. The standard InChI is InChI=1S/C16H2F2N4S2/c17-13-9-1-11(7(3-19)4-20)23-15(9)14(18)10-2-12(24-16(10)13)8(5-21)6-22/h1-2H. The highest BCUT2D eigenvalue weighted by molar-refractivity contribution is 7.19. The van der Waals surface area contributed by atoms with Gasteiger partial charge in [0.25, 0.3) is 0 Å². The van der Waals surface area contributed by atoms with Gasteiger partial charge in [-0.25, -0.2) is 8.78 Å². The normalized spacial score (nSPS) is 9.92. The quantitative estimate of drug-likeness (QED) is 0.621. The third-order valence-electron chi connectivity index (χ3n) is 3.28. The highest BCUT2D eigenvalue weighted by Gasteiger charge is 2.19. The van der Waals surface area contributed by atoms with E-state index in [-0.39, 0.29) is 40.4 Å².